The van der Waals surface area contributed by atoms with Gasteiger partial charge in [0.1, 0.15) is 0 Å². The lowest BCUT2D eigenvalue weighted by molar-refractivity contribution is -0.276. The molecule has 1 aromatic heterocycles. The third kappa shape index (κ3) is 3.37. The number of ether oxygens (including phenoxy) is 2. The number of carbonyl (C=O) groups is 1. The molecule has 0 saturated heterocycles. The van der Waals surface area contributed by atoms with Crippen LogP contribution in [-0.4, -0.2) is 24.4 Å². The lowest BCUT2D eigenvalue weighted by Crippen LogP contribution is -2.18. The van der Waals surface area contributed by atoms with Gasteiger partial charge >= 0.3 is 12.3 Å². The van der Waals surface area contributed by atoms with Gasteiger partial charge in [0.15, 0.2) is 0 Å². The third-order valence-electron chi connectivity index (χ3n) is 1.41. The van der Waals surface area contributed by atoms with Crippen LogP contribution in [0.5, 0.6) is 5.88 Å². The van der Waals surface area contributed by atoms with Gasteiger partial charge in [-0.1, -0.05) is 0 Å². The molecule has 0 amide bonds. The zero-order chi connectivity index (χ0) is 12.3. The first-order chi connectivity index (χ1) is 7.31. The molecule has 16 heavy (non-hydrogen) atoms. The molecule has 0 unspecified atom stereocenters. The highest BCUT2D eigenvalue weighted by Gasteiger charge is 2.32. The number of rotatable bonds is 2. The highest BCUT2D eigenvalue weighted by molar-refractivity contribution is 5.89. The van der Waals surface area contributed by atoms with Crippen LogP contribution in [0.3, 0.4) is 0 Å². The van der Waals surface area contributed by atoms with Crippen LogP contribution in [0.25, 0.3) is 0 Å². The molecule has 0 N–H and O–H groups in total. The topological polar surface area (TPSA) is 48.4 Å². The maximum Gasteiger partial charge on any atom is 0.574 e. The number of hydrogen-bond acceptors (Lipinski definition) is 4. The molecule has 8 heteroatoms. The molecule has 0 aromatic carbocycles. The number of carbonyl (C=O) groups excluding carboxylic acids is 1. The zero-order valence-corrected chi connectivity index (χ0v) is 7.84. The van der Waals surface area contributed by atoms with Crippen LogP contribution >= 0.6 is 0 Å². The predicted octanol–water partition coefficient (Wildman–Crippen LogP) is 1.91. The lowest BCUT2D eigenvalue weighted by Gasteiger charge is -2.08. The predicted molar refractivity (Wildman–Crippen MR) is 42.2 cm³/mol. The van der Waals surface area contributed by atoms with E-state index in [-0.39, 0.29) is 0 Å². The van der Waals surface area contributed by atoms with E-state index in [1.54, 1.807) is 0 Å². The van der Waals surface area contributed by atoms with Gasteiger partial charge in [0, 0.05) is 12.1 Å². The van der Waals surface area contributed by atoms with E-state index < -0.39 is 29.7 Å². The molecular formula is C8H5F4NO3. The molecule has 1 rings (SSSR count). The zero-order valence-electron chi connectivity index (χ0n) is 7.84. The van der Waals surface area contributed by atoms with Gasteiger partial charge in [0.05, 0.1) is 12.7 Å². The number of pyridine rings is 1. The van der Waals surface area contributed by atoms with Gasteiger partial charge in [-0.05, 0) is 0 Å². The first kappa shape index (κ1) is 12.2. The Kier molecular flexibility index (Phi) is 3.31. The van der Waals surface area contributed by atoms with E-state index in [2.05, 4.69) is 14.5 Å². The van der Waals surface area contributed by atoms with E-state index in [1.807, 2.05) is 0 Å². The van der Waals surface area contributed by atoms with E-state index in [4.69, 9.17) is 0 Å². The summed E-state index contributed by atoms with van der Waals surface area (Å²) in [4.78, 5) is 13.7. The van der Waals surface area contributed by atoms with E-state index in [0.717, 1.165) is 7.11 Å². The number of esters is 1. The van der Waals surface area contributed by atoms with Crippen molar-refractivity contribution in [1.82, 2.24) is 4.98 Å². The molecule has 0 aliphatic carbocycles. The fourth-order valence-electron chi connectivity index (χ4n) is 0.879. The number of aromatic nitrogens is 1. The van der Waals surface area contributed by atoms with Crippen molar-refractivity contribution in [3.8, 4) is 5.88 Å². The molecule has 1 heterocycles. The fraction of sp³-hybridized carbons (Fsp3) is 0.250. The van der Waals surface area contributed by atoms with Crippen molar-refractivity contribution < 1.29 is 31.8 Å². The van der Waals surface area contributed by atoms with Crippen molar-refractivity contribution >= 4 is 5.97 Å². The molecular weight excluding hydrogens is 234 g/mol. The summed E-state index contributed by atoms with van der Waals surface area (Å²) in [5, 5.41) is 0. The van der Waals surface area contributed by atoms with Crippen molar-refractivity contribution in [1.29, 1.82) is 0 Å². The maximum absolute atomic E-state index is 12.7. The van der Waals surface area contributed by atoms with Crippen molar-refractivity contribution in [2.24, 2.45) is 0 Å². The van der Waals surface area contributed by atoms with Crippen LogP contribution in [0, 0.1) is 5.95 Å². The van der Waals surface area contributed by atoms with Gasteiger partial charge in [0.2, 0.25) is 11.8 Å². The van der Waals surface area contributed by atoms with Crippen molar-refractivity contribution in [3.05, 3.63) is 23.6 Å². The Hall–Kier alpha value is -1.86. The average Bonchev–Trinajstić information content (AvgIpc) is 2.12. The average molecular weight is 239 g/mol. The molecule has 0 spiro atoms. The second kappa shape index (κ2) is 4.33. The van der Waals surface area contributed by atoms with Gasteiger partial charge in [-0.25, -0.2) is 4.79 Å². The second-order valence-electron chi connectivity index (χ2n) is 2.56. The van der Waals surface area contributed by atoms with Gasteiger partial charge in [-0.2, -0.15) is 9.37 Å². The molecule has 0 atom stereocenters. The Labute approximate surface area is 86.8 Å². The largest absolute Gasteiger partial charge is 0.574 e. The number of nitrogens with zero attached hydrogens (tertiary/aromatic N) is 1. The van der Waals surface area contributed by atoms with E-state index in [9.17, 15) is 22.4 Å². The summed E-state index contributed by atoms with van der Waals surface area (Å²) in [6.07, 6.45) is -5.01. The Morgan fingerprint density at radius 2 is 2.00 bits per heavy atom. The SMILES string of the molecule is COC(=O)c1cc(F)nc(OC(F)(F)F)c1. The summed E-state index contributed by atoms with van der Waals surface area (Å²) >= 11 is 0. The summed E-state index contributed by atoms with van der Waals surface area (Å²) in [6, 6.07) is 1.26. The molecule has 1 aromatic rings. The van der Waals surface area contributed by atoms with Gasteiger partial charge in [-0.15, -0.1) is 13.2 Å². The Bertz CT molecular complexity index is 405. The molecule has 0 aliphatic rings. The highest BCUT2D eigenvalue weighted by atomic mass is 19.4. The number of halogens is 4. The summed E-state index contributed by atoms with van der Waals surface area (Å²) in [5.74, 6) is -3.33. The first-order valence-electron chi connectivity index (χ1n) is 3.83. The van der Waals surface area contributed by atoms with Crippen LogP contribution in [0.1, 0.15) is 10.4 Å². The molecule has 0 fully saturated rings. The quantitative estimate of drug-likeness (QED) is 0.449. The molecule has 0 saturated carbocycles. The summed E-state index contributed by atoms with van der Waals surface area (Å²) in [5.41, 5.74) is -0.422. The van der Waals surface area contributed by atoms with Crippen LogP contribution in [0.4, 0.5) is 17.6 Å². The Morgan fingerprint density at radius 3 is 2.50 bits per heavy atom. The Morgan fingerprint density at radius 1 is 1.38 bits per heavy atom. The minimum atomic E-state index is -5.01. The standard InChI is InChI=1S/C8H5F4NO3/c1-15-7(14)4-2-5(9)13-6(3-4)16-8(10,11)12/h2-3H,1H3. The fourth-order valence-corrected chi connectivity index (χ4v) is 0.879. The molecule has 0 aliphatic heterocycles. The van der Waals surface area contributed by atoms with Crippen molar-refractivity contribution in [2.75, 3.05) is 7.11 Å². The van der Waals surface area contributed by atoms with Gasteiger partial charge in [-0.3, -0.25) is 0 Å². The van der Waals surface area contributed by atoms with Crippen LogP contribution in [-0.2, 0) is 4.74 Å². The van der Waals surface area contributed by atoms with Crippen LogP contribution < -0.4 is 4.74 Å². The van der Waals surface area contributed by atoms with Crippen molar-refractivity contribution in [2.45, 2.75) is 6.36 Å². The highest BCUT2D eigenvalue weighted by Crippen LogP contribution is 2.22. The molecule has 88 valence electrons. The molecule has 0 bridgehead atoms. The third-order valence-corrected chi connectivity index (χ3v) is 1.41. The van der Waals surface area contributed by atoms with Crippen LogP contribution in [0.2, 0.25) is 0 Å². The van der Waals surface area contributed by atoms with E-state index in [1.165, 1.54) is 0 Å². The van der Waals surface area contributed by atoms with Crippen molar-refractivity contribution in [3.63, 3.8) is 0 Å². The normalized spacial score (nSPS) is 11.1. The monoisotopic (exact) mass is 239 g/mol. The first-order valence-corrected chi connectivity index (χ1v) is 3.83. The number of methoxy groups -OCH3 is 1. The maximum atomic E-state index is 12.7. The summed E-state index contributed by atoms with van der Waals surface area (Å²) in [7, 11) is 1.00. The Balaban J connectivity index is 3.03. The minimum Gasteiger partial charge on any atom is -0.465 e. The lowest BCUT2D eigenvalue weighted by atomic mass is 10.3. The smallest absolute Gasteiger partial charge is 0.465 e. The minimum absolute atomic E-state index is 0.422. The van der Waals surface area contributed by atoms with Gasteiger partial charge in [0.25, 0.3) is 0 Å². The molecule has 0 radical (unpaired) electrons. The van der Waals surface area contributed by atoms with Gasteiger partial charge < -0.3 is 9.47 Å². The van der Waals surface area contributed by atoms with E-state index in [0.29, 0.717) is 12.1 Å². The second-order valence-corrected chi connectivity index (χ2v) is 2.56. The van der Waals surface area contributed by atoms with Crippen LogP contribution in [0.15, 0.2) is 12.1 Å². The summed E-state index contributed by atoms with van der Waals surface area (Å²) < 4.78 is 55.7. The molecule has 4 nitrogen and oxygen atoms in total. The number of hydrogen-bond donors (Lipinski definition) is 0. The van der Waals surface area contributed by atoms with E-state index >= 15 is 0 Å². The number of alkyl halides is 3. The summed E-state index contributed by atoms with van der Waals surface area (Å²) in [6.45, 7) is 0.